The van der Waals surface area contributed by atoms with Crippen LogP contribution in [0.4, 0.5) is 5.69 Å². The average Bonchev–Trinajstić information content (AvgIpc) is 2.27. The molecule has 0 atom stereocenters. The van der Waals surface area contributed by atoms with Crippen molar-refractivity contribution in [3.05, 3.63) is 35.4 Å². The van der Waals surface area contributed by atoms with Crippen LogP contribution in [0.25, 0.3) is 6.08 Å². The number of esters is 1. The van der Waals surface area contributed by atoms with Gasteiger partial charge < -0.3 is 10.1 Å². The zero-order chi connectivity index (χ0) is 13.0. The summed E-state index contributed by atoms with van der Waals surface area (Å²) in [5, 5.41) is 2.61. The molecule has 0 radical (unpaired) electrons. The second kappa shape index (κ2) is 5.30. The minimum atomic E-state index is -0.489. The molecule has 0 spiro atoms. The average molecular weight is 233 g/mol. The van der Waals surface area contributed by atoms with Gasteiger partial charge in [-0.05, 0) is 30.2 Å². The number of benzene rings is 1. The van der Waals surface area contributed by atoms with Crippen molar-refractivity contribution in [3.8, 4) is 0 Å². The Kier molecular flexibility index (Phi) is 4.04. The molecule has 0 aliphatic carbocycles. The van der Waals surface area contributed by atoms with Gasteiger partial charge in [0.1, 0.15) is 0 Å². The van der Waals surface area contributed by atoms with Gasteiger partial charge in [-0.15, -0.1) is 0 Å². The second-order valence-corrected chi connectivity index (χ2v) is 3.63. The molecule has 0 bridgehead atoms. The lowest BCUT2D eigenvalue weighted by atomic mass is 10.0. The molecule has 0 unspecified atom stereocenters. The quantitative estimate of drug-likeness (QED) is 0.815. The Morgan fingerprint density at radius 1 is 1.41 bits per heavy atom. The Labute approximate surface area is 100 Å². The summed E-state index contributed by atoms with van der Waals surface area (Å²) >= 11 is 0. The number of ether oxygens (including phenoxy) is 1. The van der Waals surface area contributed by atoms with Gasteiger partial charge in [0.05, 0.1) is 18.4 Å². The van der Waals surface area contributed by atoms with Gasteiger partial charge in [0.2, 0.25) is 5.91 Å². The summed E-state index contributed by atoms with van der Waals surface area (Å²) in [5.41, 5.74) is 2.53. The van der Waals surface area contributed by atoms with Crippen molar-refractivity contribution in [1.29, 1.82) is 0 Å². The van der Waals surface area contributed by atoms with E-state index in [4.69, 9.17) is 0 Å². The molecule has 1 rings (SSSR count). The SMILES string of the molecule is C=Cc1cc(C(=O)OC)c(NC(C)=O)cc1C. The molecule has 1 N–H and O–H groups in total. The minimum absolute atomic E-state index is 0.235. The number of rotatable bonds is 3. The van der Waals surface area contributed by atoms with Crippen LogP contribution < -0.4 is 5.32 Å². The summed E-state index contributed by atoms with van der Waals surface area (Å²) in [4.78, 5) is 22.6. The Morgan fingerprint density at radius 2 is 2.06 bits per heavy atom. The highest BCUT2D eigenvalue weighted by molar-refractivity contribution is 6.01. The molecule has 4 nitrogen and oxygen atoms in total. The van der Waals surface area contributed by atoms with Gasteiger partial charge in [0.15, 0.2) is 0 Å². The standard InChI is InChI=1S/C13H15NO3/c1-5-10-7-11(13(16)17-4)12(6-8(10)2)14-9(3)15/h5-7H,1H2,2-4H3,(H,14,15). The van der Waals surface area contributed by atoms with Crippen molar-refractivity contribution in [3.63, 3.8) is 0 Å². The molecule has 0 aliphatic heterocycles. The topological polar surface area (TPSA) is 55.4 Å². The van der Waals surface area contributed by atoms with E-state index >= 15 is 0 Å². The monoisotopic (exact) mass is 233 g/mol. The van der Waals surface area contributed by atoms with Gasteiger partial charge in [-0.2, -0.15) is 0 Å². The molecule has 4 heteroatoms. The van der Waals surface area contributed by atoms with Gasteiger partial charge in [-0.25, -0.2) is 4.79 Å². The van der Waals surface area contributed by atoms with E-state index in [9.17, 15) is 9.59 Å². The molecule has 1 aromatic carbocycles. The number of carbonyl (C=O) groups is 2. The lowest BCUT2D eigenvalue weighted by molar-refractivity contribution is -0.114. The Morgan fingerprint density at radius 3 is 2.53 bits per heavy atom. The van der Waals surface area contributed by atoms with Crippen LogP contribution in [-0.2, 0) is 9.53 Å². The van der Waals surface area contributed by atoms with E-state index < -0.39 is 5.97 Å². The molecule has 1 aromatic rings. The third-order valence-electron chi connectivity index (χ3n) is 2.34. The van der Waals surface area contributed by atoms with Crippen LogP contribution in [0.1, 0.15) is 28.4 Å². The molecule has 0 heterocycles. The first-order valence-corrected chi connectivity index (χ1v) is 5.12. The highest BCUT2D eigenvalue weighted by Gasteiger charge is 2.14. The maximum atomic E-state index is 11.6. The summed E-state index contributed by atoms with van der Waals surface area (Å²) in [6, 6.07) is 3.38. The first kappa shape index (κ1) is 13.0. The van der Waals surface area contributed by atoms with Crippen molar-refractivity contribution < 1.29 is 14.3 Å². The normalized spacial score (nSPS) is 9.59. The largest absolute Gasteiger partial charge is 0.465 e. The molecule has 0 fully saturated rings. The minimum Gasteiger partial charge on any atom is -0.465 e. The molecule has 0 aromatic heterocycles. The lowest BCUT2D eigenvalue weighted by Crippen LogP contribution is -2.12. The van der Waals surface area contributed by atoms with E-state index in [0.29, 0.717) is 11.3 Å². The van der Waals surface area contributed by atoms with E-state index in [1.165, 1.54) is 14.0 Å². The Balaban J connectivity index is 3.35. The summed E-state index contributed by atoms with van der Waals surface area (Å²) in [5.74, 6) is -0.724. The van der Waals surface area contributed by atoms with Crippen LogP contribution in [0.15, 0.2) is 18.7 Å². The Bertz CT molecular complexity index is 478. The maximum Gasteiger partial charge on any atom is 0.339 e. The molecule has 17 heavy (non-hydrogen) atoms. The molecule has 90 valence electrons. The summed E-state index contributed by atoms with van der Waals surface area (Å²) in [6.45, 7) is 6.93. The zero-order valence-electron chi connectivity index (χ0n) is 10.2. The van der Waals surface area contributed by atoms with Crippen molar-refractivity contribution in [2.75, 3.05) is 12.4 Å². The molecular weight excluding hydrogens is 218 g/mol. The van der Waals surface area contributed by atoms with Crippen molar-refractivity contribution in [2.24, 2.45) is 0 Å². The number of hydrogen-bond acceptors (Lipinski definition) is 3. The Hall–Kier alpha value is -2.10. The fraction of sp³-hybridized carbons (Fsp3) is 0.231. The van der Waals surface area contributed by atoms with Crippen LogP contribution in [0.3, 0.4) is 0 Å². The third kappa shape index (κ3) is 2.93. The van der Waals surface area contributed by atoms with Crippen LogP contribution >= 0.6 is 0 Å². The van der Waals surface area contributed by atoms with Crippen molar-refractivity contribution in [2.45, 2.75) is 13.8 Å². The van der Waals surface area contributed by atoms with Gasteiger partial charge in [-0.1, -0.05) is 12.7 Å². The highest BCUT2D eigenvalue weighted by Crippen LogP contribution is 2.23. The van der Waals surface area contributed by atoms with E-state index in [1.807, 2.05) is 6.92 Å². The fourth-order valence-corrected chi connectivity index (χ4v) is 1.52. The first-order chi connectivity index (χ1) is 7.99. The summed E-state index contributed by atoms with van der Waals surface area (Å²) in [6.07, 6.45) is 1.65. The predicted molar refractivity (Wildman–Crippen MR) is 66.9 cm³/mol. The predicted octanol–water partition coefficient (Wildman–Crippen LogP) is 2.38. The lowest BCUT2D eigenvalue weighted by Gasteiger charge is -2.11. The van der Waals surface area contributed by atoms with Crippen LogP contribution in [-0.4, -0.2) is 19.0 Å². The third-order valence-corrected chi connectivity index (χ3v) is 2.34. The summed E-state index contributed by atoms with van der Waals surface area (Å²) in [7, 11) is 1.30. The van der Waals surface area contributed by atoms with E-state index in [2.05, 4.69) is 16.6 Å². The van der Waals surface area contributed by atoms with Gasteiger partial charge in [0, 0.05) is 6.92 Å². The molecule has 0 aliphatic rings. The molecular formula is C13H15NO3. The van der Waals surface area contributed by atoms with Crippen molar-refractivity contribution >= 4 is 23.6 Å². The molecule has 1 amide bonds. The van der Waals surface area contributed by atoms with E-state index in [-0.39, 0.29) is 5.91 Å². The van der Waals surface area contributed by atoms with Gasteiger partial charge >= 0.3 is 5.97 Å². The number of carbonyl (C=O) groups excluding carboxylic acids is 2. The van der Waals surface area contributed by atoms with E-state index in [0.717, 1.165) is 11.1 Å². The van der Waals surface area contributed by atoms with Gasteiger partial charge in [0.25, 0.3) is 0 Å². The number of hydrogen-bond donors (Lipinski definition) is 1. The zero-order valence-corrected chi connectivity index (χ0v) is 10.2. The van der Waals surface area contributed by atoms with Crippen molar-refractivity contribution in [1.82, 2.24) is 0 Å². The van der Waals surface area contributed by atoms with Crippen LogP contribution in [0, 0.1) is 6.92 Å². The number of nitrogens with one attached hydrogen (secondary N) is 1. The van der Waals surface area contributed by atoms with Crippen LogP contribution in [0.2, 0.25) is 0 Å². The number of anilines is 1. The second-order valence-electron chi connectivity index (χ2n) is 3.63. The number of methoxy groups -OCH3 is 1. The van der Waals surface area contributed by atoms with Gasteiger partial charge in [-0.3, -0.25) is 4.79 Å². The van der Waals surface area contributed by atoms with Crippen LogP contribution in [0.5, 0.6) is 0 Å². The fourth-order valence-electron chi connectivity index (χ4n) is 1.52. The first-order valence-electron chi connectivity index (χ1n) is 5.12. The number of aryl methyl sites for hydroxylation is 1. The van der Waals surface area contributed by atoms with E-state index in [1.54, 1.807) is 18.2 Å². The smallest absolute Gasteiger partial charge is 0.339 e. The summed E-state index contributed by atoms with van der Waals surface area (Å²) < 4.78 is 4.67. The molecule has 0 saturated heterocycles. The molecule has 0 saturated carbocycles. The highest BCUT2D eigenvalue weighted by atomic mass is 16.5. The maximum absolute atomic E-state index is 11.6. The number of amides is 1.